The van der Waals surface area contributed by atoms with Crippen LogP contribution in [0.3, 0.4) is 0 Å². The van der Waals surface area contributed by atoms with E-state index in [-0.39, 0.29) is 36.6 Å². The number of hydrogen-bond donors (Lipinski definition) is 0. The highest BCUT2D eigenvalue weighted by molar-refractivity contribution is 5.95. The molecule has 1 aliphatic heterocycles. The molecule has 0 bridgehead atoms. The molecule has 2 aromatic carbocycles. The third-order valence-electron chi connectivity index (χ3n) is 5.19. The molecule has 0 aliphatic carbocycles. The molecule has 0 unspecified atom stereocenters. The van der Waals surface area contributed by atoms with E-state index in [9.17, 15) is 27.2 Å². The van der Waals surface area contributed by atoms with Crippen LogP contribution in [0.4, 0.5) is 17.6 Å². The summed E-state index contributed by atoms with van der Waals surface area (Å²) in [6.07, 6.45) is -4.74. The predicted octanol–water partition coefficient (Wildman–Crippen LogP) is 5.20. The third-order valence-corrected chi connectivity index (χ3v) is 5.19. The molecule has 0 saturated carbocycles. The molecule has 1 heterocycles. The largest absolute Gasteiger partial charge is 0.463 e. The van der Waals surface area contributed by atoms with Crippen molar-refractivity contribution in [2.24, 2.45) is 0 Å². The first-order valence-corrected chi connectivity index (χ1v) is 9.71. The van der Waals surface area contributed by atoms with Crippen molar-refractivity contribution in [3.05, 3.63) is 82.3 Å². The van der Waals surface area contributed by atoms with Gasteiger partial charge in [-0.15, -0.1) is 0 Å². The lowest BCUT2D eigenvalue weighted by atomic mass is 9.83. The van der Waals surface area contributed by atoms with E-state index in [2.05, 4.69) is 0 Å². The lowest BCUT2D eigenvalue weighted by Gasteiger charge is -2.34. The second-order valence-electron chi connectivity index (χ2n) is 7.21. The van der Waals surface area contributed by atoms with E-state index in [0.29, 0.717) is 11.3 Å². The Morgan fingerprint density at radius 2 is 1.84 bits per heavy atom. The Balaban J connectivity index is 2.04. The van der Waals surface area contributed by atoms with Gasteiger partial charge in [-0.25, -0.2) is 9.18 Å². The highest BCUT2D eigenvalue weighted by Crippen LogP contribution is 2.39. The maximum Gasteiger partial charge on any atom is 0.416 e. The smallest absolute Gasteiger partial charge is 0.416 e. The molecule has 164 valence electrons. The van der Waals surface area contributed by atoms with Crippen LogP contribution in [0.15, 0.2) is 59.8 Å². The monoisotopic (exact) mass is 435 g/mol. The fraction of sp³-hybridized carbons (Fsp3) is 0.304. The summed E-state index contributed by atoms with van der Waals surface area (Å²) in [4.78, 5) is 27.0. The fourth-order valence-electron chi connectivity index (χ4n) is 3.67. The number of halogens is 4. The molecule has 2 aromatic rings. The molecule has 1 aliphatic rings. The highest BCUT2D eigenvalue weighted by Gasteiger charge is 2.38. The van der Waals surface area contributed by atoms with E-state index in [1.54, 1.807) is 13.8 Å². The van der Waals surface area contributed by atoms with E-state index >= 15 is 0 Å². The summed E-state index contributed by atoms with van der Waals surface area (Å²) >= 11 is 0. The standard InChI is InChI=1S/C23H21F4NO3/c1-3-31-22(30)21-14(2)28(13-15-7-9-18(24)10-8-15)20(29)12-19(21)16-5-4-6-17(11-16)23(25,26)27/h4-11,19H,3,12-13H2,1-2H3/t19-/m1/s1. The van der Waals surface area contributed by atoms with Gasteiger partial charge < -0.3 is 9.64 Å². The molecule has 0 spiro atoms. The number of amides is 1. The van der Waals surface area contributed by atoms with Crippen LogP contribution in [0.2, 0.25) is 0 Å². The molecular weight excluding hydrogens is 414 g/mol. The molecule has 1 atom stereocenters. The lowest BCUT2D eigenvalue weighted by Crippen LogP contribution is -2.38. The third kappa shape index (κ3) is 4.95. The van der Waals surface area contributed by atoms with Crippen molar-refractivity contribution in [1.29, 1.82) is 0 Å². The van der Waals surface area contributed by atoms with E-state index in [1.807, 2.05) is 0 Å². The van der Waals surface area contributed by atoms with E-state index in [4.69, 9.17) is 4.74 Å². The number of esters is 1. The van der Waals surface area contributed by atoms with Gasteiger partial charge in [-0.1, -0.05) is 30.3 Å². The summed E-state index contributed by atoms with van der Waals surface area (Å²) in [6.45, 7) is 3.37. The molecule has 0 saturated heterocycles. The average Bonchev–Trinajstić information content (AvgIpc) is 2.71. The summed E-state index contributed by atoms with van der Waals surface area (Å²) in [6, 6.07) is 10.2. The Labute approximate surface area is 177 Å². The van der Waals surface area contributed by atoms with Gasteiger partial charge in [0.25, 0.3) is 0 Å². The minimum atomic E-state index is -4.55. The van der Waals surface area contributed by atoms with Crippen molar-refractivity contribution in [1.82, 2.24) is 4.90 Å². The molecule has 0 N–H and O–H groups in total. The van der Waals surface area contributed by atoms with Gasteiger partial charge in [0.05, 0.1) is 24.3 Å². The van der Waals surface area contributed by atoms with Gasteiger partial charge in [-0.2, -0.15) is 13.2 Å². The Morgan fingerprint density at radius 1 is 1.16 bits per heavy atom. The first-order chi connectivity index (χ1) is 14.6. The number of allylic oxidation sites excluding steroid dienone is 1. The van der Waals surface area contributed by atoms with Crippen molar-refractivity contribution < 1.29 is 31.9 Å². The summed E-state index contributed by atoms with van der Waals surface area (Å²) in [5.41, 5.74) is 0.457. The molecule has 4 nitrogen and oxygen atoms in total. The molecule has 0 fully saturated rings. The van der Waals surface area contributed by atoms with Crippen molar-refractivity contribution in [2.75, 3.05) is 6.61 Å². The zero-order valence-corrected chi connectivity index (χ0v) is 17.0. The van der Waals surface area contributed by atoms with Gasteiger partial charge in [0.1, 0.15) is 5.82 Å². The molecule has 31 heavy (non-hydrogen) atoms. The number of ether oxygens (including phenoxy) is 1. The number of benzene rings is 2. The second-order valence-corrected chi connectivity index (χ2v) is 7.21. The van der Waals surface area contributed by atoms with E-state index in [1.165, 1.54) is 41.3 Å². The molecule has 0 radical (unpaired) electrons. The van der Waals surface area contributed by atoms with Gasteiger partial charge in [0, 0.05) is 18.0 Å². The normalized spacial score (nSPS) is 17.2. The van der Waals surface area contributed by atoms with Gasteiger partial charge in [0.15, 0.2) is 0 Å². The minimum absolute atomic E-state index is 0.0802. The van der Waals surface area contributed by atoms with Crippen LogP contribution in [0.25, 0.3) is 0 Å². The van der Waals surface area contributed by atoms with Gasteiger partial charge in [-0.3, -0.25) is 4.79 Å². The Bertz CT molecular complexity index is 1010. The van der Waals surface area contributed by atoms with Crippen LogP contribution < -0.4 is 0 Å². The average molecular weight is 435 g/mol. The molecule has 0 aromatic heterocycles. The molecule has 8 heteroatoms. The van der Waals surface area contributed by atoms with Crippen molar-refractivity contribution >= 4 is 11.9 Å². The number of hydrogen-bond acceptors (Lipinski definition) is 3. The quantitative estimate of drug-likeness (QED) is 0.479. The Hall–Kier alpha value is -3.16. The maximum absolute atomic E-state index is 13.2. The zero-order chi connectivity index (χ0) is 22.8. The summed E-state index contributed by atoms with van der Waals surface area (Å²) in [5, 5.41) is 0. The first-order valence-electron chi connectivity index (χ1n) is 9.71. The highest BCUT2D eigenvalue weighted by atomic mass is 19.4. The SMILES string of the molecule is CCOC(=O)C1=C(C)N(Cc2ccc(F)cc2)C(=O)C[C@@H]1c1cccc(C(F)(F)F)c1. The first kappa shape index (κ1) is 22.5. The lowest BCUT2D eigenvalue weighted by molar-refractivity contribution is -0.140. The summed E-state index contributed by atoms with van der Waals surface area (Å²) in [5.74, 6) is -2.31. The topological polar surface area (TPSA) is 46.6 Å². The number of carbonyl (C=O) groups is 2. The van der Waals surface area contributed by atoms with Gasteiger partial charge in [0.2, 0.25) is 5.91 Å². The summed E-state index contributed by atoms with van der Waals surface area (Å²) < 4.78 is 57.9. The van der Waals surface area contributed by atoms with Crippen LogP contribution in [-0.4, -0.2) is 23.4 Å². The zero-order valence-electron chi connectivity index (χ0n) is 17.0. The van der Waals surface area contributed by atoms with Crippen molar-refractivity contribution in [3.8, 4) is 0 Å². The van der Waals surface area contributed by atoms with Crippen LogP contribution in [0.1, 0.15) is 42.9 Å². The number of carbonyl (C=O) groups excluding carboxylic acids is 2. The van der Waals surface area contributed by atoms with E-state index in [0.717, 1.165) is 12.1 Å². The van der Waals surface area contributed by atoms with E-state index < -0.39 is 29.4 Å². The maximum atomic E-state index is 13.2. The molecular formula is C23H21F4NO3. The summed E-state index contributed by atoms with van der Waals surface area (Å²) in [7, 11) is 0. The molecule has 3 rings (SSSR count). The number of nitrogens with zero attached hydrogens (tertiary/aromatic N) is 1. The number of alkyl halides is 3. The van der Waals surface area contributed by atoms with Crippen molar-refractivity contribution in [2.45, 2.75) is 38.9 Å². The van der Waals surface area contributed by atoms with Crippen molar-refractivity contribution in [3.63, 3.8) is 0 Å². The molecule has 1 amide bonds. The van der Waals surface area contributed by atoms with Crippen LogP contribution >= 0.6 is 0 Å². The van der Waals surface area contributed by atoms with Gasteiger partial charge in [-0.05, 0) is 43.2 Å². The predicted molar refractivity (Wildman–Crippen MR) is 105 cm³/mol. The van der Waals surface area contributed by atoms with Gasteiger partial charge >= 0.3 is 12.1 Å². The Kier molecular flexibility index (Phi) is 6.48. The van der Waals surface area contributed by atoms with Crippen LogP contribution in [0, 0.1) is 5.82 Å². The fourth-order valence-corrected chi connectivity index (χ4v) is 3.67. The minimum Gasteiger partial charge on any atom is -0.463 e. The second kappa shape index (κ2) is 8.91. The number of rotatable bonds is 5. The van der Waals surface area contributed by atoms with Crippen LogP contribution in [-0.2, 0) is 27.0 Å². The Morgan fingerprint density at radius 3 is 2.45 bits per heavy atom. The van der Waals surface area contributed by atoms with Crippen LogP contribution in [0.5, 0.6) is 0 Å².